The number of amides is 4. The van der Waals surface area contributed by atoms with Gasteiger partial charge >= 0.3 is 16.1 Å². The molecule has 0 spiro atoms. The number of barbiturate groups is 1. The second-order valence-corrected chi connectivity index (χ2v) is 11.1. The Balaban J connectivity index is 1.75. The molecule has 0 saturated carbocycles. The molecule has 9 nitrogen and oxygen atoms in total. The highest BCUT2D eigenvalue weighted by Crippen LogP contribution is 2.37. The minimum Gasteiger partial charge on any atom is -0.490 e. The van der Waals surface area contributed by atoms with Crippen LogP contribution in [0.25, 0.3) is 6.08 Å². The van der Waals surface area contributed by atoms with Crippen LogP contribution < -0.4 is 19.1 Å². The summed E-state index contributed by atoms with van der Waals surface area (Å²) in [4.78, 5) is 39.3. The van der Waals surface area contributed by atoms with E-state index in [0.29, 0.717) is 19.7 Å². The van der Waals surface area contributed by atoms with Crippen molar-refractivity contribution in [3.05, 3.63) is 86.0 Å². The molecule has 3 aromatic carbocycles. The molecule has 3 aromatic rings. The Bertz CT molecular complexity index is 1590. The third-order valence-corrected chi connectivity index (χ3v) is 7.90. The van der Waals surface area contributed by atoms with Crippen molar-refractivity contribution in [3.8, 4) is 11.5 Å². The van der Waals surface area contributed by atoms with Gasteiger partial charge in [0.25, 0.3) is 11.8 Å². The molecule has 4 rings (SSSR count). The molecule has 4 amide bonds. The predicted molar refractivity (Wildman–Crippen MR) is 150 cm³/mol. The maximum absolute atomic E-state index is 13.3. The van der Waals surface area contributed by atoms with Crippen LogP contribution in [0.5, 0.6) is 11.5 Å². The molecule has 1 fully saturated rings. The van der Waals surface area contributed by atoms with Gasteiger partial charge in [0.15, 0.2) is 11.5 Å². The molecular formula is C26H20ClIN2O7S. The summed E-state index contributed by atoms with van der Waals surface area (Å²) in [7, 11) is -4.16. The second kappa shape index (κ2) is 11.1. The lowest BCUT2D eigenvalue weighted by atomic mass is 10.1. The minimum atomic E-state index is -4.16. The fraction of sp³-hybridized carbons (Fsp3) is 0.115. The van der Waals surface area contributed by atoms with Crippen LogP contribution in [-0.2, 0) is 19.7 Å². The Hall–Kier alpha value is -3.42. The average molecular weight is 667 g/mol. The largest absolute Gasteiger partial charge is 0.490 e. The van der Waals surface area contributed by atoms with Crippen molar-refractivity contribution in [3.63, 3.8) is 0 Å². The third kappa shape index (κ3) is 5.54. The number of anilines is 1. The average Bonchev–Trinajstić information content (AvgIpc) is 2.87. The van der Waals surface area contributed by atoms with Crippen molar-refractivity contribution in [2.75, 3.05) is 11.5 Å². The summed E-state index contributed by atoms with van der Waals surface area (Å²) >= 11 is 8.04. The number of carbonyl (C=O) groups is 3. The van der Waals surface area contributed by atoms with Crippen LogP contribution in [0.3, 0.4) is 0 Å². The van der Waals surface area contributed by atoms with E-state index in [-0.39, 0.29) is 34.3 Å². The van der Waals surface area contributed by atoms with E-state index in [2.05, 4.69) is 5.32 Å². The van der Waals surface area contributed by atoms with Crippen LogP contribution in [-0.4, -0.2) is 32.9 Å². The normalized spacial score (nSPS) is 15.0. The number of hydrogen-bond donors (Lipinski definition) is 1. The molecule has 1 aliphatic heterocycles. The molecule has 0 aromatic heterocycles. The van der Waals surface area contributed by atoms with E-state index in [4.69, 9.17) is 20.5 Å². The second-order valence-electron chi connectivity index (χ2n) is 7.96. The highest BCUT2D eigenvalue weighted by Gasteiger charge is 2.37. The number of nitrogens with one attached hydrogen (secondary N) is 1. The van der Waals surface area contributed by atoms with E-state index in [9.17, 15) is 22.8 Å². The number of benzene rings is 3. The van der Waals surface area contributed by atoms with Crippen molar-refractivity contribution in [2.45, 2.75) is 18.7 Å². The first-order valence-electron chi connectivity index (χ1n) is 11.2. The van der Waals surface area contributed by atoms with Crippen LogP contribution in [0.15, 0.2) is 71.1 Å². The molecule has 12 heteroatoms. The first-order valence-corrected chi connectivity index (χ1v) is 14.0. The summed E-state index contributed by atoms with van der Waals surface area (Å²) in [5.74, 6) is -1.67. The van der Waals surface area contributed by atoms with Crippen LogP contribution in [0.1, 0.15) is 18.1 Å². The zero-order valence-corrected chi connectivity index (χ0v) is 23.8. The monoisotopic (exact) mass is 666 g/mol. The maximum atomic E-state index is 13.3. The van der Waals surface area contributed by atoms with Gasteiger partial charge in [-0.05, 0) is 90.0 Å². The SMILES string of the molecule is CCOc1cc(/C=C2\C(=O)NC(=O)N(c3cccc(Cl)c3C)C2=O)cc(I)c1OS(=O)(=O)c1ccccc1. The van der Waals surface area contributed by atoms with Gasteiger partial charge in [0.1, 0.15) is 10.5 Å². The number of urea groups is 1. The number of carbonyl (C=O) groups excluding carboxylic acids is 3. The Morgan fingerprint density at radius 2 is 1.76 bits per heavy atom. The standard InChI is InChI=1S/C26H20ClIN2O7S/c1-3-36-22-14-16(13-20(28)23(22)37-38(34,35)17-8-5-4-6-9-17)12-18-24(31)29-26(33)30(25(18)32)21-11-7-10-19(27)15(21)2/h4-14H,3H2,1-2H3,(H,29,31,33)/b18-12+. The molecule has 0 aliphatic carbocycles. The lowest BCUT2D eigenvalue weighted by Gasteiger charge is -2.27. The predicted octanol–water partition coefficient (Wildman–Crippen LogP) is 5.09. The van der Waals surface area contributed by atoms with Crippen LogP contribution in [0, 0.1) is 10.5 Å². The van der Waals surface area contributed by atoms with Crippen molar-refractivity contribution < 1.29 is 31.7 Å². The topological polar surface area (TPSA) is 119 Å². The number of hydrogen-bond acceptors (Lipinski definition) is 7. The van der Waals surface area contributed by atoms with Gasteiger partial charge in [0.2, 0.25) is 0 Å². The lowest BCUT2D eigenvalue weighted by Crippen LogP contribution is -2.54. The molecular weight excluding hydrogens is 647 g/mol. The zero-order valence-electron chi connectivity index (χ0n) is 20.0. The minimum absolute atomic E-state index is 0.0324. The van der Waals surface area contributed by atoms with Crippen LogP contribution in [0.4, 0.5) is 10.5 Å². The van der Waals surface area contributed by atoms with Gasteiger partial charge in [-0.3, -0.25) is 14.9 Å². The van der Waals surface area contributed by atoms with Gasteiger partial charge in [-0.2, -0.15) is 8.42 Å². The van der Waals surface area contributed by atoms with Gasteiger partial charge < -0.3 is 8.92 Å². The molecule has 0 atom stereocenters. The Labute approximate surface area is 237 Å². The molecule has 0 bridgehead atoms. The van der Waals surface area contributed by atoms with Gasteiger partial charge in [-0.1, -0.05) is 35.9 Å². The summed E-state index contributed by atoms with van der Waals surface area (Å²) in [5, 5.41) is 2.52. The smallest absolute Gasteiger partial charge is 0.339 e. The summed E-state index contributed by atoms with van der Waals surface area (Å²) in [6.07, 6.45) is 1.29. The Morgan fingerprint density at radius 3 is 2.45 bits per heavy atom. The van der Waals surface area contributed by atoms with E-state index in [1.807, 2.05) is 22.6 Å². The molecule has 0 radical (unpaired) electrons. The molecule has 1 saturated heterocycles. The quantitative estimate of drug-likeness (QED) is 0.162. The van der Waals surface area contributed by atoms with E-state index in [0.717, 1.165) is 4.90 Å². The van der Waals surface area contributed by atoms with E-state index < -0.39 is 28.0 Å². The van der Waals surface area contributed by atoms with Crippen LogP contribution in [0.2, 0.25) is 5.02 Å². The van der Waals surface area contributed by atoms with Crippen molar-refractivity contribution in [1.29, 1.82) is 0 Å². The highest BCUT2D eigenvalue weighted by atomic mass is 127. The number of ether oxygens (including phenoxy) is 1. The summed E-state index contributed by atoms with van der Waals surface area (Å²) in [6, 6.07) is 14.5. The first kappa shape index (κ1) is 27.6. The van der Waals surface area contributed by atoms with E-state index >= 15 is 0 Å². The Morgan fingerprint density at radius 1 is 1.05 bits per heavy atom. The molecule has 0 unspecified atom stereocenters. The zero-order chi connectivity index (χ0) is 27.6. The van der Waals surface area contributed by atoms with Gasteiger partial charge in [0, 0.05) is 5.02 Å². The van der Waals surface area contributed by atoms with Gasteiger partial charge in [-0.25, -0.2) is 9.69 Å². The molecule has 1 N–H and O–H groups in total. The molecule has 38 heavy (non-hydrogen) atoms. The van der Waals surface area contributed by atoms with E-state index in [1.54, 1.807) is 50.2 Å². The molecule has 196 valence electrons. The van der Waals surface area contributed by atoms with Crippen molar-refractivity contribution in [2.24, 2.45) is 0 Å². The number of rotatable bonds is 7. The fourth-order valence-electron chi connectivity index (χ4n) is 3.64. The lowest BCUT2D eigenvalue weighted by molar-refractivity contribution is -0.122. The number of halogens is 2. The van der Waals surface area contributed by atoms with Crippen LogP contribution >= 0.6 is 34.2 Å². The molecule has 1 aliphatic rings. The Kier molecular flexibility index (Phi) is 8.09. The molecule has 1 heterocycles. The van der Waals surface area contributed by atoms with Gasteiger partial charge in [0.05, 0.1) is 15.9 Å². The summed E-state index contributed by atoms with van der Waals surface area (Å²) < 4.78 is 37.0. The fourth-order valence-corrected chi connectivity index (χ4v) is 5.67. The van der Waals surface area contributed by atoms with Crippen molar-refractivity contribution in [1.82, 2.24) is 5.32 Å². The highest BCUT2D eigenvalue weighted by molar-refractivity contribution is 14.1. The van der Waals surface area contributed by atoms with E-state index in [1.165, 1.54) is 30.3 Å². The third-order valence-electron chi connectivity index (χ3n) is 5.45. The maximum Gasteiger partial charge on any atom is 0.339 e. The number of imide groups is 2. The first-order chi connectivity index (χ1) is 18.0. The van der Waals surface area contributed by atoms with Gasteiger partial charge in [-0.15, -0.1) is 0 Å². The number of nitrogens with zero attached hydrogens (tertiary/aromatic N) is 1. The summed E-state index contributed by atoms with van der Waals surface area (Å²) in [5.41, 5.74) is 0.754. The summed E-state index contributed by atoms with van der Waals surface area (Å²) in [6.45, 7) is 3.55. The van der Waals surface area contributed by atoms with Crippen molar-refractivity contribution >= 4 is 73.9 Å².